The number of carbonyl (C=O) groups excluding carboxylic acids is 1. The van der Waals surface area contributed by atoms with Gasteiger partial charge in [-0.3, -0.25) is 4.79 Å². The number of ether oxygens (including phenoxy) is 2. The van der Waals surface area contributed by atoms with Crippen molar-refractivity contribution in [2.75, 3.05) is 13.7 Å². The standard InChI is InChI=1S/C26H32BNO7/c1-25(2)26(3,4)35-27(34-25)21(16-28-24(31)33-17-18-9-7-6-8-10-18)15-20-13-19(14-23(29)30)11-12-22(20)32-5/h6-13,15H,14,16-17H2,1-5H3,(H,28,31)(H,29,30). The summed E-state index contributed by atoms with van der Waals surface area (Å²) in [6.45, 7) is 8.02. The van der Waals surface area contributed by atoms with Crippen molar-refractivity contribution in [3.05, 3.63) is 70.7 Å². The summed E-state index contributed by atoms with van der Waals surface area (Å²) in [5.74, 6) is -0.376. The minimum Gasteiger partial charge on any atom is -0.496 e. The number of rotatable bonds is 9. The van der Waals surface area contributed by atoms with E-state index in [2.05, 4.69) is 5.32 Å². The Morgan fingerprint density at radius 2 is 1.69 bits per heavy atom. The second kappa shape index (κ2) is 11.0. The summed E-state index contributed by atoms with van der Waals surface area (Å²) >= 11 is 0. The van der Waals surface area contributed by atoms with Crippen LogP contribution < -0.4 is 10.1 Å². The molecule has 1 amide bonds. The van der Waals surface area contributed by atoms with Crippen molar-refractivity contribution in [2.45, 2.75) is 51.9 Å². The molecule has 2 N–H and O–H groups in total. The SMILES string of the molecule is COc1ccc(CC(=O)O)cc1C=C(CNC(=O)OCc1ccccc1)B1OC(C)(C)C(C)(C)O1. The molecule has 0 unspecified atom stereocenters. The molecule has 9 heteroatoms. The number of carbonyl (C=O) groups is 2. The molecule has 186 valence electrons. The maximum absolute atomic E-state index is 12.4. The number of methoxy groups -OCH3 is 1. The van der Waals surface area contributed by atoms with Crippen LogP contribution in [0.4, 0.5) is 4.79 Å². The topological polar surface area (TPSA) is 103 Å². The number of carboxylic acids is 1. The summed E-state index contributed by atoms with van der Waals surface area (Å²) in [4.78, 5) is 23.6. The molecule has 2 aromatic carbocycles. The lowest BCUT2D eigenvalue weighted by atomic mass is 9.76. The summed E-state index contributed by atoms with van der Waals surface area (Å²) in [6.07, 6.45) is 1.09. The largest absolute Gasteiger partial charge is 0.496 e. The van der Waals surface area contributed by atoms with Crippen molar-refractivity contribution in [3.63, 3.8) is 0 Å². The van der Waals surface area contributed by atoms with Gasteiger partial charge in [-0.1, -0.05) is 42.5 Å². The lowest BCUT2D eigenvalue weighted by Gasteiger charge is -2.32. The number of carboxylic acid groups (broad SMARTS) is 1. The van der Waals surface area contributed by atoms with E-state index in [4.69, 9.17) is 18.8 Å². The summed E-state index contributed by atoms with van der Waals surface area (Å²) in [7, 11) is 0.805. The van der Waals surface area contributed by atoms with Gasteiger partial charge in [0, 0.05) is 12.1 Å². The van der Waals surface area contributed by atoms with Gasteiger partial charge in [-0.05, 0) is 56.4 Å². The summed E-state index contributed by atoms with van der Waals surface area (Å²) in [5.41, 5.74) is 1.61. The van der Waals surface area contributed by atoms with E-state index in [1.165, 1.54) is 7.11 Å². The molecule has 1 heterocycles. The number of hydrogen-bond acceptors (Lipinski definition) is 6. The van der Waals surface area contributed by atoms with Crippen LogP contribution in [0.2, 0.25) is 0 Å². The molecule has 1 saturated heterocycles. The van der Waals surface area contributed by atoms with Crippen LogP contribution in [0.15, 0.2) is 54.0 Å². The highest BCUT2D eigenvalue weighted by Crippen LogP contribution is 2.39. The van der Waals surface area contributed by atoms with Crippen LogP contribution in [0.5, 0.6) is 5.75 Å². The number of hydrogen-bond donors (Lipinski definition) is 2. The molecule has 3 rings (SSSR count). The third kappa shape index (κ3) is 6.87. The fourth-order valence-electron chi connectivity index (χ4n) is 3.53. The highest BCUT2D eigenvalue weighted by molar-refractivity contribution is 6.56. The Kier molecular flexibility index (Phi) is 8.24. The number of alkyl carbamates (subject to hydrolysis) is 1. The van der Waals surface area contributed by atoms with Crippen molar-refractivity contribution in [1.82, 2.24) is 5.32 Å². The number of nitrogens with one attached hydrogen (secondary N) is 1. The minimum absolute atomic E-state index is 0.0940. The van der Waals surface area contributed by atoms with Crippen LogP contribution >= 0.6 is 0 Å². The quantitative estimate of drug-likeness (QED) is 0.516. The Morgan fingerprint density at radius 3 is 2.29 bits per heavy atom. The van der Waals surface area contributed by atoms with Gasteiger partial charge >= 0.3 is 19.2 Å². The Labute approximate surface area is 206 Å². The molecule has 0 aromatic heterocycles. The lowest BCUT2D eigenvalue weighted by Crippen LogP contribution is -2.41. The first-order valence-electron chi connectivity index (χ1n) is 11.4. The maximum Gasteiger partial charge on any atom is 0.492 e. The molecule has 1 fully saturated rings. The van der Waals surface area contributed by atoms with Gasteiger partial charge in [-0.15, -0.1) is 0 Å². The Hall–Kier alpha value is -3.30. The minimum atomic E-state index is -0.931. The first-order valence-corrected chi connectivity index (χ1v) is 11.4. The third-order valence-corrected chi connectivity index (χ3v) is 6.20. The summed E-state index contributed by atoms with van der Waals surface area (Å²) < 4.78 is 23.2. The van der Waals surface area contributed by atoms with Crippen molar-refractivity contribution >= 4 is 25.3 Å². The number of aliphatic carboxylic acids is 1. The highest BCUT2D eigenvalue weighted by atomic mass is 16.7. The molecule has 0 bridgehead atoms. The van der Waals surface area contributed by atoms with Crippen molar-refractivity contribution in [3.8, 4) is 5.75 Å². The van der Waals surface area contributed by atoms with E-state index in [-0.39, 0.29) is 19.6 Å². The fourth-order valence-corrected chi connectivity index (χ4v) is 3.53. The van der Waals surface area contributed by atoms with Crippen LogP contribution in [0.1, 0.15) is 44.4 Å². The van der Waals surface area contributed by atoms with Crippen LogP contribution in [0.3, 0.4) is 0 Å². The van der Waals surface area contributed by atoms with Gasteiger partial charge < -0.3 is 29.2 Å². The van der Waals surface area contributed by atoms with Gasteiger partial charge in [0.05, 0.1) is 24.7 Å². The normalized spacial score (nSPS) is 16.6. The van der Waals surface area contributed by atoms with Gasteiger partial charge in [0.2, 0.25) is 0 Å². The van der Waals surface area contributed by atoms with Gasteiger partial charge in [0.25, 0.3) is 0 Å². The molecule has 1 aliphatic rings. The average Bonchev–Trinajstić information content (AvgIpc) is 3.02. The molecular formula is C26H32BNO7. The fraction of sp³-hybridized carbons (Fsp3) is 0.385. The summed E-state index contributed by atoms with van der Waals surface area (Å²) in [5, 5.41) is 11.9. The molecular weight excluding hydrogens is 449 g/mol. The zero-order chi connectivity index (χ0) is 25.6. The molecule has 0 aliphatic carbocycles. The van der Waals surface area contributed by atoms with Gasteiger partial charge in [0.1, 0.15) is 12.4 Å². The maximum atomic E-state index is 12.4. The first kappa shape index (κ1) is 26.3. The van der Waals surface area contributed by atoms with Crippen LogP contribution in [0.25, 0.3) is 6.08 Å². The molecule has 0 saturated carbocycles. The summed E-state index contributed by atoms with van der Waals surface area (Å²) in [6, 6.07) is 14.6. The van der Waals surface area contributed by atoms with Crippen molar-refractivity contribution < 1.29 is 33.5 Å². The second-order valence-corrected chi connectivity index (χ2v) is 9.37. The Morgan fingerprint density at radius 1 is 1.03 bits per heavy atom. The van der Waals surface area contributed by atoms with E-state index in [1.807, 2.05) is 58.0 Å². The van der Waals surface area contributed by atoms with E-state index >= 15 is 0 Å². The van der Waals surface area contributed by atoms with Gasteiger partial charge in [0.15, 0.2) is 0 Å². The average molecular weight is 481 g/mol. The molecule has 8 nitrogen and oxygen atoms in total. The molecule has 0 atom stereocenters. The van der Waals surface area contributed by atoms with E-state index in [0.29, 0.717) is 22.3 Å². The zero-order valence-corrected chi connectivity index (χ0v) is 20.8. The van der Waals surface area contributed by atoms with E-state index in [9.17, 15) is 14.7 Å². The Bertz CT molecular complexity index is 1070. The second-order valence-electron chi connectivity index (χ2n) is 9.37. The molecule has 0 spiro atoms. The molecule has 0 radical (unpaired) electrons. The van der Waals surface area contributed by atoms with Gasteiger partial charge in [-0.25, -0.2) is 4.79 Å². The van der Waals surface area contributed by atoms with Crippen molar-refractivity contribution in [2.24, 2.45) is 0 Å². The van der Waals surface area contributed by atoms with Crippen LogP contribution in [-0.2, 0) is 31.9 Å². The predicted octanol–water partition coefficient (Wildman–Crippen LogP) is 4.26. The molecule has 35 heavy (non-hydrogen) atoms. The lowest BCUT2D eigenvalue weighted by molar-refractivity contribution is -0.136. The zero-order valence-electron chi connectivity index (χ0n) is 20.8. The monoisotopic (exact) mass is 481 g/mol. The van der Waals surface area contributed by atoms with E-state index < -0.39 is 30.4 Å². The number of benzene rings is 2. The van der Waals surface area contributed by atoms with E-state index in [0.717, 1.165) is 5.56 Å². The van der Waals surface area contributed by atoms with Crippen LogP contribution in [-0.4, -0.2) is 49.1 Å². The Balaban J connectivity index is 1.84. The highest BCUT2D eigenvalue weighted by Gasteiger charge is 2.52. The van der Waals surface area contributed by atoms with E-state index in [1.54, 1.807) is 24.3 Å². The van der Waals surface area contributed by atoms with Gasteiger partial charge in [-0.2, -0.15) is 0 Å². The predicted molar refractivity (Wildman–Crippen MR) is 133 cm³/mol. The van der Waals surface area contributed by atoms with Crippen LogP contribution in [0, 0.1) is 0 Å². The molecule has 2 aromatic rings. The number of amides is 1. The molecule has 1 aliphatic heterocycles. The first-order chi connectivity index (χ1) is 16.5. The third-order valence-electron chi connectivity index (χ3n) is 6.20. The van der Waals surface area contributed by atoms with Crippen molar-refractivity contribution in [1.29, 1.82) is 0 Å². The smallest absolute Gasteiger partial charge is 0.492 e.